The van der Waals surface area contributed by atoms with E-state index in [-0.39, 0.29) is 12.0 Å². The van der Waals surface area contributed by atoms with E-state index in [2.05, 4.69) is 0 Å². The Kier molecular flexibility index (Phi) is 3.72. The third kappa shape index (κ3) is 3.17. The molecule has 1 fully saturated rings. The van der Waals surface area contributed by atoms with Gasteiger partial charge in [0.1, 0.15) is 0 Å². The van der Waals surface area contributed by atoms with Crippen LogP contribution in [0.1, 0.15) is 25.7 Å². The average molecular weight is 235 g/mol. The van der Waals surface area contributed by atoms with E-state index in [0.717, 1.165) is 0 Å². The van der Waals surface area contributed by atoms with Crippen LogP contribution in [0.25, 0.3) is 0 Å². The summed E-state index contributed by atoms with van der Waals surface area (Å²) in [4.78, 5) is 10.7. The molecule has 1 rings (SSSR count). The molecule has 1 aliphatic carbocycles. The number of hydrogen-bond donors (Lipinski definition) is 1. The quantitative estimate of drug-likeness (QED) is 0.774. The normalized spacial score (nSPS) is 27.9. The Morgan fingerprint density at radius 3 is 2.07 bits per heavy atom. The fraction of sp³-hybridized carbons (Fsp3) is 0.889. The summed E-state index contributed by atoms with van der Waals surface area (Å²) in [7, 11) is -1.60. The lowest BCUT2D eigenvalue weighted by atomic mass is 9.86. The summed E-state index contributed by atoms with van der Waals surface area (Å²) in [5.41, 5.74) is 0. The molecule has 1 N–H and O–H groups in total. The second-order valence-corrected chi connectivity index (χ2v) is 6.16. The Hall–Kier alpha value is -0.620. The molecule has 6 heteroatoms. The minimum Gasteiger partial charge on any atom is -0.481 e. The first-order valence-corrected chi connectivity index (χ1v) is 6.83. The van der Waals surface area contributed by atoms with Gasteiger partial charge in [0.05, 0.1) is 12.2 Å². The molecule has 0 aromatic rings. The van der Waals surface area contributed by atoms with Crippen molar-refractivity contribution in [3.8, 4) is 0 Å². The fourth-order valence-electron chi connectivity index (χ4n) is 1.96. The molecule has 15 heavy (non-hydrogen) atoms. The highest BCUT2D eigenvalue weighted by Gasteiger charge is 2.30. The molecule has 0 aromatic carbocycles. The van der Waals surface area contributed by atoms with Gasteiger partial charge in [0.15, 0.2) is 0 Å². The smallest absolute Gasteiger partial charge is 0.306 e. The van der Waals surface area contributed by atoms with E-state index in [1.807, 2.05) is 0 Å². The minimum atomic E-state index is -3.15. The monoisotopic (exact) mass is 235 g/mol. The van der Waals surface area contributed by atoms with E-state index in [1.54, 1.807) is 7.05 Å². The van der Waals surface area contributed by atoms with Crippen molar-refractivity contribution >= 4 is 16.0 Å². The number of carbonyl (C=O) groups is 1. The van der Waals surface area contributed by atoms with Gasteiger partial charge in [-0.15, -0.1) is 0 Å². The molecular formula is C9H17NO4S. The van der Waals surface area contributed by atoms with Crippen LogP contribution in [0.3, 0.4) is 0 Å². The van der Waals surface area contributed by atoms with Crippen molar-refractivity contribution in [1.82, 2.24) is 4.31 Å². The molecule has 0 atom stereocenters. The molecule has 0 aromatic heterocycles. The summed E-state index contributed by atoms with van der Waals surface area (Å²) in [5, 5.41) is 8.79. The molecule has 0 amide bonds. The highest BCUT2D eigenvalue weighted by atomic mass is 32.2. The number of nitrogens with zero attached hydrogens (tertiary/aromatic N) is 1. The van der Waals surface area contributed by atoms with Gasteiger partial charge in [-0.05, 0) is 25.7 Å². The van der Waals surface area contributed by atoms with Crippen molar-refractivity contribution in [3.63, 3.8) is 0 Å². The number of carboxylic acid groups (broad SMARTS) is 1. The summed E-state index contributed by atoms with van der Waals surface area (Å²) in [5.74, 6) is -1.07. The van der Waals surface area contributed by atoms with Gasteiger partial charge in [-0.25, -0.2) is 12.7 Å². The van der Waals surface area contributed by atoms with Gasteiger partial charge in [0.25, 0.3) is 0 Å². The molecule has 0 unspecified atom stereocenters. The zero-order chi connectivity index (χ0) is 11.6. The van der Waals surface area contributed by atoms with Crippen LogP contribution in [0.2, 0.25) is 0 Å². The number of hydrogen-bond acceptors (Lipinski definition) is 3. The second-order valence-electron chi connectivity index (χ2n) is 4.12. The first-order chi connectivity index (χ1) is 6.82. The molecule has 0 bridgehead atoms. The zero-order valence-corrected chi connectivity index (χ0v) is 9.83. The third-order valence-corrected chi connectivity index (χ3v) is 4.43. The lowest BCUT2D eigenvalue weighted by Crippen LogP contribution is -2.39. The molecule has 5 nitrogen and oxygen atoms in total. The molecular weight excluding hydrogens is 218 g/mol. The fourth-order valence-corrected chi connectivity index (χ4v) is 2.71. The van der Waals surface area contributed by atoms with Gasteiger partial charge in [0, 0.05) is 13.1 Å². The van der Waals surface area contributed by atoms with E-state index < -0.39 is 16.0 Å². The summed E-state index contributed by atoms with van der Waals surface area (Å²) in [6.45, 7) is 0. The SMILES string of the molecule is CN(C1CCC(C(=O)O)CC1)S(C)(=O)=O. The van der Waals surface area contributed by atoms with E-state index in [9.17, 15) is 13.2 Å². The van der Waals surface area contributed by atoms with Crippen molar-refractivity contribution in [3.05, 3.63) is 0 Å². The third-order valence-electron chi connectivity index (χ3n) is 3.08. The van der Waals surface area contributed by atoms with Crippen LogP contribution in [-0.4, -0.2) is 43.1 Å². The number of carboxylic acids is 1. The van der Waals surface area contributed by atoms with Crippen LogP contribution in [0.15, 0.2) is 0 Å². The highest BCUT2D eigenvalue weighted by Crippen LogP contribution is 2.27. The summed E-state index contributed by atoms with van der Waals surface area (Å²) < 4.78 is 23.9. The number of rotatable bonds is 3. The first-order valence-electron chi connectivity index (χ1n) is 4.98. The molecule has 88 valence electrons. The maximum absolute atomic E-state index is 11.3. The first kappa shape index (κ1) is 12.4. The van der Waals surface area contributed by atoms with Crippen LogP contribution in [0, 0.1) is 5.92 Å². The van der Waals surface area contributed by atoms with E-state index in [4.69, 9.17) is 5.11 Å². The van der Waals surface area contributed by atoms with E-state index in [1.165, 1.54) is 10.6 Å². The van der Waals surface area contributed by atoms with E-state index >= 15 is 0 Å². The van der Waals surface area contributed by atoms with Gasteiger partial charge in [-0.1, -0.05) is 0 Å². The number of sulfonamides is 1. The van der Waals surface area contributed by atoms with Gasteiger partial charge < -0.3 is 5.11 Å². The van der Waals surface area contributed by atoms with Gasteiger partial charge in [-0.3, -0.25) is 4.79 Å². The Morgan fingerprint density at radius 2 is 1.73 bits per heavy atom. The lowest BCUT2D eigenvalue weighted by Gasteiger charge is -2.31. The Labute approximate surface area is 90.1 Å². The van der Waals surface area contributed by atoms with Crippen molar-refractivity contribution in [2.45, 2.75) is 31.7 Å². The van der Waals surface area contributed by atoms with Gasteiger partial charge in [-0.2, -0.15) is 0 Å². The largest absolute Gasteiger partial charge is 0.481 e. The number of aliphatic carboxylic acids is 1. The van der Waals surface area contributed by atoms with Crippen LogP contribution in [-0.2, 0) is 14.8 Å². The van der Waals surface area contributed by atoms with Crippen LogP contribution in [0.5, 0.6) is 0 Å². The van der Waals surface area contributed by atoms with Gasteiger partial charge in [0.2, 0.25) is 10.0 Å². The Balaban J connectivity index is 2.55. The summed E-state index contributed by atoms with van der Waals surface area (Å²) >= 11 is 0. The summed E-state index contributed by atoms with van der Waals surface area (Å²) in [6, 6.07) is -0.0319. The molecule has 1 aliphatic rings. The van der Waals surface area contributed by atoms with Crippen LogP contribution in [0.4, 0.5) is 0 Å². The zero-order valence-electron chi connectivity index (χ0n) is 9.01. The molecule has 0 aliphatic heterocycles. The van der Waals surface area contributed by atoms with Crippen molar-refractivity contribution < 1.29 is 18.3 Å². The summed E-state index contributed by atoms with van der Waals surface area (Å²) in [6.07, 6.45) is 3.59. The predicted molar refractivity (Wildman–Crippen MR) is 56.0 cm³/mol. The van der Waals surface area contributed by atoms with Gasteiger partial charge >= 0.3 is 5.97 Å². The Morgan fingerprint density at radius 1 is 1.27 bits per heavy atom. The molecule has 0 saturated heterocycles. The van der Waals surface area contributed by atoms with Crippen molar-refractivity contribution in [2.75, 3.05) is 13.3 Å². The Bertz CT molecular complexity index is 330. The van der Waals surface area contributed by atoms with Crippen LogP contribution >= 0.6 is 0 Å². The van der Waals surface area contributed by atoms with Crippen LogP contribution < -0.4 is 0 Å². The second kappa shape index (κ2) is 4.49. The molecule has 0 spiro atoms. The molecule has 1 saturated carbocycles. The molecule has 0 heterocycles. The minimum absolute atomic E-state index is 0.0319. The van der Waals surface area contributed by atoms with E-state index in [0.29, 0.717) is 25.7 Å². The standard InChI is InChI=1S/C9H17NO4S/c1-10(15(2,13)14)8-5-3-7(4-6-8)9(11)12/h7-8H,3-6H2,1-2H3,(H,11,12). The highest BCUT2D eigenvalue weighted by molar-refractivity contribution is 7.88. The predicted octanol–water partition coefficient (Wildman–Crippen LogP) is 0.521. The molecule has 0 radical (unpaired) electrons. The average Bonchev–Trinajstić information content (AvgIpc) is 2.15. The van der Waals surface area contributed by atoms with Crippen molar-refractivity contribution in [2.24, 2.45) is 5.92 Å². The maximum Gasteiger partial charge on any atom is 0.306 e. The topological polar surface area (TPSA) is 74.7 Å². The lowest BCUT2D eigenvalue weighted by molar-refractivity contribution is -0.143. The maximum atomic E-state index is 11.3. The van der Waals surface area contributed by atoms with Crippen molar-refractivity contribution in [1.29, 1.82) is 0 Å².